The van der Waals surface area contributed by atoms with Gasteiger partial charge in [-0.1, -0.05) is 13.8 Å². The Kier molecular flexibility index (Phi) is 7.11. The zero-order chi connectivity index (χ0) is 24.4. The van der Waals surface area contributed by atoms with Crippen LogP contribution < -0.4 is 16.0 Å². The van der Waals surface area contributed by atoms with Crippen LogP contribution in [0, 0.1) is 12.7 Å². The summed E-state index contributed by atoms with van der Waals surface area (Å²) in [5.41, 5.74) is 9.09. The summed E-state index contributed by atoms with van der Waals surface area (Å²) in [6.45, 7) is 8.07. The molecule has 0 aliphatic carbocycles. The monoisotopic (exact) mass is 469 g/mol. The van der Waals surface area contributed by atoms with Crippen molar-refractivity contribution in [2.24, 2.45) is 0 Å². The molecule has 0 saturated carbocycles. The van der Waals surface area contributed by atoms with Crippen molar-refractivity contribution in [3.63, 3.8) is 0 Å². The van der Waals surface area contributed by atoms with Crippen LogP contribution in [-0.2, 0) is 6.54 Å². The van der Waals surface area contributed by atoms with Gasteiger partial charge in [-0.05, 0) is 50.1 Å². The number of anilines is 2. The maximum atomic E-state index is 15.7. The van der Waals surface area contributed by atoms with E-state index in [1.165, 1.54) is 12.4 Å². The molecule has 3 N–H and O–H groups in total. The van der Waals surface area contributed by atoms with Crippen molar-refractivity contribution in [3.8, 4) is 11.3 Å². The minimum Gasteiger partial charge on any atom is -0.383 e. The molecule has 1 aromatic carbocycles. The first-order valence-corrected chi connectivity index (χ1v) is 11.8. The maximum absolute atomic E-state index is 15.7. The highest BCUT2D eigenvalue weighted by Crippen LogP contribution is 2.36. The average molecular weight is 470 g/mol. The molecule has 34 heavy (non-hydrogen) atoms. The molecule has 0 bridgehead atoms. The summed E-state index contributed by atoms with van der Waals surface area (Å²) in [6, 6.07) is 4.96. The Bertz CT molecular complexity index is 1140. The third kappa shape index (κ3) is 4.75. The zero-order valence-corrected chi connectivity index (χ0v) is 20.2. The maximum Gasteiger partial charge on any atom is 0.137 e. The second-order valence-electron chi connectivity index (χ2n) is 9.25. The predicted molar refractivity (Wildman–Crippen MR) is 131 cm³/mol. The van der Waals surface area contributed by atoms with Gasteiger partial charge in [0.05, 0.1) is 18.2 Å². The number of aromatic nitrogens is 4. The lowest BCUT2D eigenvalue weighted by molar-refractivity contribution is 0.238. The van der Waals surface area contributed by atoms with Gasteiger partial charge < -0.3 is 20.5 Å². The number of benzene rings is 1. The van der Waals surface area contributed by atoms with Gasteiger partial charge in [0.2, 0.25) is 0 Å². The van der Waals surface area contributed by atoms with Crippen LogP contribution in [-0.4, -0.2) is 52.4 Å². The fraction of sp³-hybridized carbons (Fsp3) is 0.480. The topological polar surface area (TPSA) is 84.9 Å². The van der Waals surface area contributed by atoms with Gasteiger partial charge in [-0.2, -0.15) is 0 Å². The predicted octanol–water partition coefficient (Wildman–Crippen LogP) is 4.04. The number of rotatable bonds is 7. The fourth-order valence-corrected chi connectivity index (χ4v) is 4.67. The van der Waals surface area contributed by atoms with Crippen molar-refractivity contribution < 1.29 is 8.78 Å². The van der Waals surface area contributed by atoms with Gasteiger partial charge in [-0.3, -0.25) is 0 Å². The number of alkyl halides is 1. The van der Waals surface area contributed by atoms with Crippen molar-refractivity contribution >= 4 is 11.6 Å². The molecule has 0 unspecified atom stereocenters. The molecule has 182 valence electrons. The number of nitrogen functional groups attached to an aromatic ring is 1. The second kappa shape index (κ2) is 10.0. The molecular formula is C25H33F2N7. The molecule has 1 fully saturated rings. The van der Waals surface area contributed by atoms with E-state index in [2.05, 4.69) is 15.3 Å². The molecule has 2 aromatic heterocycles. The molecule has 0 spiro atoms. The van der Waals surface area contributed by atoms with Crippen LogP contribution in [0.25, 0.3) is 11.3 Å². The summed E-state index contributed by atoms with van der Waals surface area (Å²) in [7, 11) is 1.89. The molecule has 3 heterocycles. The lowest BCUT2D eigenvalue weighted by Crippen LogP contribution is -2.42. The normalized spacial score (nSPS) is 18.6. The number of hydrogen-bond acceptors (Lipinski definition) is 6. The number of nitrogens with zero attached hydrogens (tertiary/aromatic N) is 5. The standard InChI is InChI=1S/C25H33F2N7/c1-15(2)22-23(28)30-14-31-25(22)33-9-7-18(20(27)12-33)24-32-21(13-34(24)10-8-29-4)17-5-6-19(26)16(3)11-17/h5-6,11,13-15,18,20,29H,7-10,12H2,1-4H3,(H2,28,30,31)/t18-,20+/m0/s1. The number of imidazole rings is 1. The van der Waals surface area contributed by atoms with Crippen molar-refractivity contribution in [1.29, 1.82) is 0 Å². The van der Waals surface area contributed by atoms with Gasteiger partial charge in [-0.25, -0.2) is 23.7 Å². The molecular weight excluding hydrogens is 436 g/mol. The van der Waals surface area contributed by atoms with Gasteiger partial charge >= 0.3 is 0 Å². The van der Waals surface area contributed by atoms with E-state index in [1.54, 1.807) is 19.1 Å². The van der Waals surface area contributed by atoms with Gasteiger partial charge in [-0.15, -0.1) is 0 Å². The van der Waals surface area contributed by atoms with Crippen LogP contribution in [0.3, 0.4) is 0 Å². The number of hydrogen-bond donors (Lipinski definition) is 2. The number of aryl methyl sites for hydroxylation is 1. The third-order valence-corrected chi connectivity index (χ3v) is 6.51. The van der Waals surface area contributed by atoms with Crippen molar-refractivity contribution in [2.75, 3.05) is 37.3 Å². The highest BCUT2D eigenvalue weighted by molar-refractivity contribution is 5.60. The molecule has 9 heteroatoms. The Labute approximate surface area is 199 Å². The molecule has 1 saturated heterocycles. The molecule has 1 aliphatic heterocycles. The summed E-state index contributed by atoms with van der Waals surface area (Å²) in [5, 5.41) is 3.15. The molecule has 3 aromatic rings. The number of nitrogens with two attached hydrogens (primary N) is 1. The minimum absolute atomic E-state index is 0.133. The summed E-state index contributed by atoms with van der Waals surface area (Å²) in [4.78, 5) is 15.4. The Morgan fingerprint density at radius 2 is 2.06 bits per heavy atom. The minimum atomic E-state index is -1.12. The number of likely N-dealkylation sites (N-methyl/N-ethyl adjacent to an activating group) is 1. The smallest absolute Gasteiger partial charge is 0.137 e. The highest BCUT2D eigenvalue weighted by Gasteiger charge is 2.35. The van der Waals surface area contributed by atoms with E-state index in [1.807, 2.05) is 36.6 Å². The quantitative estimate of drug-likeness (QED) is 0.543. The van der Waals surface area contributed by atoms with Crippen LogP contribution in [0.15, 0.2) is 30.7 Å². The van der Waals surface area contributed by atoms with E-state index in [0.717, 1.165) is 29.2 Å². The Balaban J connectivity index is 1.62. The number of nitrogens with one attached hydrogen (secondary N) is 1. The van der Waals surface area contributed by atoms with E-state index in [-0.39, 0.29) is 24.2 Å². The highest BCUT2D eigenvalue weighted by atomic mass is 19.1. The summed E-state index contributed by atoms with van der Waals surface area (Å²) in [6.07, 6.45) is 2.86. The van der Waals surface area contributed by atoms with E-state index < -0.39 is 6.17 Å². The van der Waals surface area contributed by atoms with E-state index in [9.17, 15) is 4.39 Å². The first kappa shape index (κ1) is 24.1. The Morgan fingerprint density at radius 3 is 2.74 bits per heavy atom. The van der Waals surface area contributed by atoms with Crippen LogP contribution >= 0.6 is 0 Å². The molecule has 7 nitrogen and oxygen atoms in total. The second-order valence-corrected chi connectivity index (χ2v) is 9.25. The van der Waals surface area contributed by atoms with E-state index >= 15 is 4.39 Å². The fourth-order valence-electron chi connectivity index (χ4n) is 4.67. The zero-order valence-electron chi connectivity index (χ0n) is 20.2. The van der Waals surface area contributed by atoms with E-state index in [4.69, 9.17) is 10.7 Å². The summed E-state index contributed by atoms with van der Waals surface area (Å²) >= 11 is 0. The van der Waals surface area contributed by atoms with Gasteiger partial charge in [0.1, 0.15) is 35.8 Å². The number of piperidine rings is 1. The molecule has 2 atom stereocenters. The lowest BCUT2D eigenvalue weighted by Gasteiger charge is -2.36. The Hall–Kier alpha value is -3.07. The Morgan fingerprint density at radius 1 is 1.26 bits per heavy atom. The average Bonchev–Trinajstić information content (AvgIpc) is 3.22. The SMILES string of the molecule is CNCCn1cc(-c2ccc(F)c(C)c2)nc1[C@H]1CCN(c2ncnc(N)c2C(C)C)C[C@H]1F. The first-order valence-electron chi connectivity index (χ1n) is 11.8. The van der Waals surface area contributed by atoms with Crippen LogP contribution in [0.5, 0.6) is 0 Å². The van der Waals surface area contributed by atoms with Crippen molar-refractivity contribution in [3.05, 3.63) is 53.5 Å². The van der Waals surface area contributed by atoms with Crippen molar-refractivity contribution in [2.45, 2.75) is 51.7 Å². The van der Waals surface area contributed by atoms with Gasteiger partial charge in [0, 0.05) is 37.0 Å². The van der Waals surface area contributed by atoms with Crippen LogP contribution in [0.2, 0.25) is 0 Å². The van der Waals surface area contributed by atoms with Crippen LogP contribution in [0.1, 0.15) is 49.1 Å². The lowest BCUT2D eigenvalue weighted by atomic mass is 9.93. The third-order valence-electron chi connectivity index (χ3n) is 6.51. The molecule has 4 rings (SSSR count). The molecule has 0 radical (unpaired) electrons. The summed E-state index contributed by atoms with van der Waals surface area (Å²) < 4.78 is 31.5. The van der Waals surface area contributed by atoms with Crippen molar-refractivity contribution in [1.82, 2.24) is 24.8 Å². The first-order chi connectivity index (χ1) is 16.3. The molecule has 0 amide bonds. The molecule has 1 aliphatic rings. The summed E-state index contributed by atoms with van der Waals surface area (Å²) in [5.74, 6) is 1.43. The van der Waals surface area contributed by atoms with E-state index in [0.29, 0.717) is 36.7 Å². The van der Waals surface area contributed by atoms with Crippen LogP contribution in [0.4, 0.5) is 20.4 Å². The van der Waals surface area contributed by atoms with Gasteiger partial charge in [0.15, 0.2) is 0 Å². The van der Waals surface area contributed by atoms with Gasteiger partial charge in [0.25, 0.3) is 0 Å². The number of halogens is 2. The largest absolute Gasteiger partial charge is 0.383 e.